The molecule has 1 aliphatic heterocycles. The largest absolute Gasteiger partial charge is 0.390 e. The van der Waals surface area contributed by atoms with E-state index in [0.29, 0.717) is 5.69 Å². The molecule has 0 aliphatic carbocycles. The highest BCUT2D eigenvalue weighted by molar-refractivity contribution is 5.88. The van der Waals surface area contributed by atoms with Gasteiger partial charge in [0.25, 0.3) is 5.56 Å². The van der Waals surface area contributed by atoms with Crippen molar-refractivity contribution in [1.29, 1.82) is 5.26 Å². The standard InChI is InChI=1S/C26H30N8O2/c1-16-13-34(23-10-25(36)31(4)24-14-32(8-7-27)30-26(23)24)17(2)12-33(16)18(3)19-5-6-21-22(9-19)29-20(15-35)11-28-21/h5-6,9-11,14,16-18,35H,8,12-13,15H2,1-4H3/t16-,17+,18?/m1/s1. The molecule has 4 aromatic rings. The Morgan fingerprint density at radius 3 is 2.75 bits per heavy atom. The van der Waals surface area contributed by atoms with Gasteiger partial charge in [-0.25, -0.2) is 4.98 Å². The van der Waals surface area contributed by atoms with Crippen LogP contribution in [0.25, 0.3) is 22.1 Å². The van der Waals surface area contributed by atoms with Crippen LogP contribution in [0.5, 0.6) is 0 Å². The molecule has 0 spiro atoms. The average molecular weight is 487 g/mol. The van der Waals surface area contributed by atoms with Crippen LogP contribution >= 0.6 is 0 Å². The SMILES string of the molecule is CC(c1ccc2ncc(CO)nc2c1)N1C[C@H](C)N(c2cc(=O)n(C)c3cn(CC#N)nc23)C[C@H]1C. The molecule has 4 heterocycles. The minimum absolute atomic E-state index is 0.0934. The number of pyridine rings is 1. The van der Waals surface area contributed by atoms with Crippen molar-refractivity contribution in [2.45, 2.75) is 52.0 Å². The number of aliphatic hydroxyl groups is 1. The van der Waals surface area contributed by atoms with E-state index in [1.807, 2.05) is 6.07 Å². The molecule has 1 fully saturated rings. The monoisotopic (exact) mass is 486 g/mol. The van der Waals surface area contributed by atoms with E-state index in [4.69, 9.17) is 5.26 Å². The van der Waals surface area contributed by atoms with Crippen LogP contribution in [-0.4, -0.2) is 59.5 Å². The third kappa shape index (κ3) is 4.10. The number of nitrogens with zero attached hydrogens (tertiary/aromatic N) is 8. The lowest BCUT2D eigenvalue weighted by Gasteiger charge is -2.47. The van der Waals surface area contributed by atoms with Crippen molar-refractivity contribution in [2.75, 3.05) is 18.0 Å². The zero-order valence-electron chi connectivity index (χ0n) is 21.0. The van der Waals surface area contributed by atoms with Crippen LogP contribution in [0, 0.1) is 11.3 Å². The van der Waals surface area contributed by atoms with Crippen LogP contribution in [0.1, 0.15) is 38.1 Å². The smallest absolute Gasteiger partial charge is 0.252 e. The molecule has 0 amide bonds. The second kappa shape index (κ2) is 9.33. The highest BCUT2D eigenvalue weighted by Gasteiger charge is 2.34. The van der Waals surface area contributed by atoms with Gasteiger partial charge in [-0.1, -0.05) is 6.07 Å². The van der Waals surface area contributed by atoms with Crippen molar-refractivity contribution in [3.63, 3.8) is 0 Å². The third-order valence-corrected chi connectivity index (χ3v) is 7.27. The fourth-order valence-electron chi connectivity index (χ4n) is 5.24. The number of hydrogen-bond acceptors (Lipinski definition) is 8. The lowest BCUT2D eigenvalue weighted by Crippen LogP contribution is -2.57. The first kappa shape index (κ1) is 23.9. The van der Waals surface area contributed by atoms with Crippen molar-refractivity contribution in [1.82, 2.24) is 29.2 Å². The number of aryl methyl sites for hydroxylation is 1. The van der Waals surface area contributed by atoms with Gasteiger partial charge in [0.05, 0.1) is 53.0 Å². The maximum atomic E-state index is 12.8. The number of rotatable bonds is 5. The highest BCUT2D eigenvalue weighted by Crippen LogP contribution is 2.33. The molecule has 10 heteroatoms. The molecule has 1 aliphatic rings. The summed E-state index contributed by atoms with van der Waals surface area (Å²) in [4.78, 5) is 26.4. The van der Waals surface area contributed by atoms with Crippen molar-refractivity contribution in [3.8, 4) is 6.07 Å². The Bertz CT molecular complexity index is 1540. The lowest BCUT2D eigenvalue weighted by atomic mass is 9.99. The van der Waals surface area contributed by atoms with Crippen LogP contribution in [0.15, 0.2) is 41.5 Å². The van der Waals surface area contributed by atoms with E-state index < -0.39 is 0 Å². The molecule has 0 saturated carbocycles. The second-order valence-electron chi connectivity index (χ2n) is 9.64. The van der Waals surface area contributed by atoms with E-state index in [-0.39, 0.29) is 36.8 Å². The summed E-state index contributed by atoms with van der Waals surface area (Å²) in [5.41, 5.74) is 5.47. The van der Waals surface area contributed by atoms with E-state index in [0.717, 1.165) is 46.4 Å². The Kier molecular flexibility index (Phi) is 6.20. The fraction of sp³-hybridized carbons (Fsp3) is 0.423. The number of aliphatic hydroxyl groups excluding tert-OH is 1. The van der Waals surface area contributed by atoms with Crippen molar-refractivity contribution < 1.29 is 5.11 Å². The number of benzene rings is 1. The predicted molar refractivity (Wildman–Crippen MR) is 137 cm³/mol. The first-order chi connectivity index (χ1) is 17.3. The van der Waals surface area contributed by atoms with Crippen LogP contribution < -0.4 is 10.5 Å². The van der Waals surface area contributed by atoms with Gasteiger partial charge in [-0.2, -0.15) is 10.4 Å². The van der Waals surface area contributed by atoms with E-state index in [1.165, 1.54) is 0 Å². The molecule has 1 unspecified atom stereocenters. The number of nitriles is 1. The molecule has 1 saturated heterocycles. The lowest BCUT2D eigenvalue weighted by molar-refractivity contribution is 0.119. The van der Waals surface area contributed by atoms with Crippen molar-refractivity contribution in [2.24, 2.45) is 7.05 Å². The Balaban J connectivity index is 1.44. The summed E-state index contributed by atoms with van der Waals surface area (Å²) in [7, 11) is 1.73. The summed E-state index contributed by atoms with van der Waals surface area (Å²) < 4.78 is 3.17. The summed E-state index contributed by atoms with van der Waals surface area (Å²) >= 11 is 0. The number of hydrogen-bond donors (Lipinski definition) is 1. The molecular weight excluding hydrogens is 456 g/mol. The van der Waals surface area contributed by atoms with Gasteiger partial charge in [-0.3, -0.25) is 19.4 Å². The van der Waals surface area contributed by atoms with E-state index >= 15 is 0 Å². The van der Waals surface area contributed by atoms with Crippen LogP contribution in [-0.2, 0) is 20.2 Å². The quantitative estimate of drug-likeness (QED) is 0.457. The van der Waals surface area contributed by atoms with E-state index in [9.17, 15) is 9.90 Å². The summed E-state index contributed by atoms with van der Waals surface area (Å²) in [5, 5.41) is 23.2. The molecule has 1 N–H and O–H groups in total. The van der Waals surface area contributed by atoms with Gasteiger partial charge in [-0.15, -0.1) is 0 Å². The van der Waals surface area contributed by atoms with Crippen LogP contribution in [0.4, 0.5) is 5.69 Å². The van der Waals surface area contributed by atoms with Gasteiger partial charge in [0.15, 0.2) is 0 Å². The van der Waals surface area contributed by atoms with Crippen molar-refractivity contribution >= 4 is 27.8 Å². The summed E-state index contributed by atoms with van der Waals surface area (Å²) in [6, 6.07) is 10.4. The topological polar surface area (TPSA) is 116 Å². The second-order valence-corrected chi connectivity index (χ2v) is 9.64. The Labute approximate surface area is 209 Å². The van der Waals surface area contributed by atoms with E-state index in [2.05, 4.69) is 63.8 Å². The zero-order valence-corrected chi connectivity index (χ0v) is 21.0. The highest BCUT2D eigenvalue weighted by atomic mass is 16.3. The van der Waals surface area contributed by atoms with Gasteiger partial charge in [0, 0.05) is 44.3 Å². The maximum absolute atomic E-state index is 12.8. The molecule has 0 bridgehead atoms. The normalized spacial score (nSPS) is 19.6. The van der Waals surface area contributed by atoms with Gasteiger partial charge >= 0.3 is 0 Å². The minimum atomic E-state index is -0.135. The first-order valence-corrected chi connectivity index (χ1v) is 12.1. The molecule has 3 atom stereocenters. The Hall–Kier alpha value is -3.81. The third-order valence-electron chi connectivity index (χ3n) is 7.27. The molecule has 10 nitrogen and oxygen atoms in total. The van der Waals surface area contributed by atoms with Gasteiger partial charge in [0.2, 0.25) is 0 Å². The van der Waals surface area contributed by atoms with Gasteiger partial charge < -0.3 is 14.6 Å². The predicted octanol–water partition coefficient (Wildman–Crippen LogP) is 2.35. The molecule has 1 aromatic carbocycles. The van der Waals surface area contributed by atoms with Gasteiger partial charge in [-0.05, 0) is 38.5 Å². The number of fused-ring (bicyclic) bond motifs is 2. The Morgan fingerprint density at radius 1 is 1.19 bits per heavy atom. The fourth-order valence-corrected chi connectivity index (χ4v) is 5.24. The molecule has 3 aromatic heterocycles. The average Bonchev–Trinajstić information content (AvgIpc) is 3.30. The summed E-state index contributed by atoms with van der Waals surface area (Å²) in [6.45, 7) is 8.11. The first-order valence-electron chi connectivity index (χ1n) is 12.1. The van der Waals surface area contributed by atoms with Gasteiger partial charge in [0.1, 0.15) is 12.1 Å². The summed E-state index contributed by atoms with van der Waals surface area (Å²) in [6.07, 6.45) is 3.37. The maximum Gasteiger partial charge on any atom is 0.252 e. The minimum Gasteiger partial charge on any atom is -0.390 e. The van der Waals surface area contributed by atoms with Crippen LogP contribution in [0.3, 0.4) is 0 Å². The molecule has 0 radical (unpaired) electrons. The summed E-state index contributed by atoms with van der Waals surface area (Å²) in [5.74, 6) is 0. The van der Waals surface area contributed by atoms with Crippen molar-refractivity contribution in [3.05, 3.63) is 58.3 Å². The molecule has 186 valence electrons. The van der Waals surface area contributed by atoms with Crippen LogP contribution in [0.2, 0.25) is 0 Å². The number of aromatic nitrogens is 5. The Morgan fingerprint density at radius 2 is 2.00 bits per heavy atom. The molecule has 5 rings (SSSR count). The molecular formula is C26H30N8O2. The number of anilines is 1. The zero-order chi connectivity index (χ0) is 25.6. The van der Waals surface area contributed by atoms with E-state index in [1.54, 1.807) is 34.8 Å². The number of piperazine rings is 1. The molecule has 36 heavy (non-hydrogen) atoms.